The summed E-state index contributed by atoms with van der Waals surface area (Å²) in [6.45, 7) is 5.22. The second kappa shape index (κ2) is 4.75. The quantitative estimate of drug-likeness (QED) is 0.867. The van der Waals surface area contributed by atoms with Gasteiger partial charge in [-0.2, -0.15) is 0 Å². The number of amides is 1. The van der Waals surface area contributed by atoms with Crippen LogP contribution in [0.1, 0.15) is 11.1 Å². The van der Waals surface area contributed by atoms with E-state index >= 15 is 0 Å². The lowest BCUT2D eigenvalue weighted by atomic mass is 10.1. The SMILES string of the molecule is CNCC1COC(=O)N1c1c(C)cccc1C. The van der Waals surface area contributed by atoms with Gasteiger partial charge in [0.1, 0.15) is 6.61 Å². The van der Waals surface area contributed by atoms with Crippen LogP contribution >= 0.6 is 0 Å². The Labute approximate surface area is 102 Å². The highest BCUT2D eigenvalue weighted by atomic mass is 16.6. The van der Waals surface area contributed by atoms with E-state index in [1.807, 2.05) is 39.1 Å². The van der Waals surface area contributed by atoms with Crippen molar-refractivity contribution >= 4 is 11.8 Å². The monoisotopic (exact) mass is 234 g/mol. The summed E-state index contributed by atoms with van der Waals surface area (Å²) >= 11 is 0. The molecule has 0 bridgehead atoms. The van der Waals surface area contributed by atoms with Gasteiger partial charge in [0, 0.05) is 6.54 Å². The van der Waals surface area contributed by atoms with Gasteiger partial charge in [-0.15, -0.1) is 0 Å². The second-order valence-corrected chi connectivity index (χ2v) is 4.40. The number of nitrogens with one attached hydrogen (secondary N) is 1. The Bertz CT molecular complexity index is 411. The lowest BCUT2D eigenvalue weighted by Gasteiger charge is -2.24. The summed E-state index contributed by atoms with van der Waals surface area (Å²) in [5.41, 5.74) is 3.19. The molecule has 0 saturated carbocycles. The Morgan fingerprint density at radius 1 is 1.41 bits per heavy atom. The van der Waals surface area contributed by atoms with Crippen LogP contribution in [-0.4, -0.2) is 32.3 Å². The fourth-order valence-electron chi connectivity index (χ4n) is 2.31. The van der Waals surface area contributed by atoms with E-state index in [2.05, 4.69) is 5.32 Å². The van der Waals surface area contributed by atoms with Crippen molar-refractivity contribution in [3.05, 3.63) is 29.3 Å². The number of anilines is 1. The van der Waals surface area contributed by atoms with Crippen molar-refractivity contribution < 1.29 is 9.53 Å². The molecule has 1 fully saturated rings. The molecule has 1 heterocycles. The first kappa shape index (κ1) is 11.9. The van der Waals surface area contributed by atoms with Crippen LogP contribution in [0.25, 0.3) is 0 Å². The Hall–Kier alpha value is -1.55. The van der Waals surface area contributed by atoms with Crippen LogP contribution in [0.15, 0.2) is 18.2 Å². The maximum absolute atomic E-state index is 11.8. The summed E-state index contributed by atoms with van der Waals surface area (Å²) in [5.74, 6) is 0. The fourth-order valence-corrected chi connectivity index (χ4v) is 2.31. The topological polar surface area (TPSA) is 41.6 Å². The van der Waals surface area contributed by atoms with Crippen LogP contribution in [0.3, 0.4) is 0 Å². The molecule has 0 aliphatic carbocycles. The predicted molar refractivity (Wildman–Crippen MR) is 67.5 cm³/mol. The van der Waals surface area contributed by atoms with Gasteiger partial charge >= 0.3 is 6.09 Å². The summed E-state index contributed by atoms with van der Waals surface area (Å²) in [6, 6.07) is 6.12. The highest BCUT2D eigenvalue weighted by Crippen LogP contribution is 2.29. The molecule has 1 aliphatic rings. The standard InChI is InChI=1S/C13H18N2O2/c1-9-5-4-6-10(2)12(9)15-11(7-14-3)8-17-13(15)16/h4-6,11,14H,7-8H2,1-3H3. The highest BCUT2D eigenvalue weighted by molar-refractivity contribution is 5.92. The molecule has 1 saturated heterocycles. The molecule has 2 rings (SSSR count). The zero-order chi connectivity index (χ0) is 12.4. The van der Waals surface area contributed by atoms with Crippen LogP contribution in [0, 0.1) is 13.8 Å². The molecule has 1 N–H and O–H groups in total. The molecule has 0 spiro atoms. The molecule has 1 unspecified atom stereocenters. The minimum Gasteiger partial charge on any atom is -0.447 e. The largest absolute Gasteiger partial charge is 0.447 e. The molecule has 1 aromatic rings. The van der Waals surface area contributed by atoms with Gasteiger partial charge in [-0.05, 0) is 32.0 Å². The number of cyclic esters (lactones) is 1. The average molecular weight is 234 g/mol. The molecule has 0 radical (unpaired) electrons. The van der Waals surface area contributed by atoms with Crippen molar-refractivity contribution in [2.75, 3.05) is 25.1 Å². The third-order valence-electron chi connectivity index (χ3n) is 3.08. The maximum Gasteiger partial charge on any atom is 0.414 e. The number of nitrogens with zero attached hydrogens (tertiary/aromatic N) is 1. The normalized spacial score (nSPS) is 19.6. The van der Waals surface area contributed by atoms with Gasteiger partial charge in [-0.25, -0.2) is 4.79 Å². The molecule has 4 nitrogen and oxygen atoms in total. The van der Waals surface area contributed by atoms with Crippen molar-refractivity contribution in [1.29, 1.82) is 0 Å². The van der Waals surface area contributed by atoms with E-state index in [1.165, 1.54) is 0 Å². The molecule has 0 aromatic heterocycles. The molecule has 4 heteroatoms. The van der Waals surface area contributed by atoms with Crippen molar-refractivity contribution in [3.8, 4) is 0 Å². The van der Waals surface area contributed by atoms with Crippen molar-refractivity contribution in [3.63, 3.8) is 0 Å². The second-order valence-electron chi connectivity index (χ2n) is 4.40. The third-order valence-corrected chi connectivity index (χ3v) is 3.08. The van der Waals surface area contributed by atoms with E-state index in [4.69, 9.17) is 4.74 Å². The summed E-state index contributed by atoms with van der Waals surface area (Å²) < 4.78 is 5.14. The van der Waals surface area contributed by atoms with Crippen molar-refractivity contribution in [2.45, 2.75) is 19.9 Å². The zero-order valence-corrected chi connectivity index (χ0v) is 10.5. The average Bonchev–Trinajstić information content (AvgIpc) is 2.62. The Kier molecular flexibility index (Phi) is 3.33. The number of carbonyl (C=O) groups excluding carboxylic acids is 1. The summed E-state index contributed by atoms with van der Waals surface area (Å²) in [4.78, 5) is 13.6. The van der Waals surface area contributed by atoms with E-state index in [0.717, 1.165) is 23.4 Å². The predicted octanol–water partition coefficient (Wildman–Crippen LogP) is 1.85. The van der Waals surface area contributed by atoms with Gasteiger partial charge < -0.3 is 10.1 Å². The maximum atomic E-state index is 11.8. The minimum atomic E-state index is -0.248. The van der Waals surface area contributed by atoms with Crippen LogP contribution < -0.4 is 10.2 Å². The Balaban J connectivity index is 2.39. The lowest BCUT2D eigenvalue weighted by molar-refractivity contribution is 0.178. The molecular weight excluding hydrogens is 216 g/mol. The smallest absolute Gasteiger partial charge is 0.414 e. The first-order chi connectivity index (χ1) is 8.15. The van der Waals surface area contributed by atoms with E-state index in [-0.39, 0.29) is 12.1 Å². The van der Waals surface area contributed by atoms with Crippen molar-refractivity contribution in [2.24, 2.45) is 0 Å². The number of likely N-dealkylation sites (N-methyl/N-ethyl adjacent to an activating group) is 1. The van der Waals surface area contributed by atoms with Gasteiger partial charge in [-0.1, -0.05) is 18.2 Å². The van der Waals surface area contributed by atoms with Crippen LogP contribution in [0.4, 0.5) is 10.5 Å². The first-order valence-corrected chi connectivity index (χ1v) is 5.82. The number of carbonyl (C=O) groups is 1. The zero-order valence-electron chi connectivity index (χ0n) is 10.5. The molecule has 1 aliphatic heterocycles. The van der Waals surface area contributed by atoms with E-state index in [1.54, 1.807) is 4.90 Å². The van der Waals surface area contributed by atoms with Gasteiger partial charge in [0.2, 0.25) is 0 Å². The fraction of sp³-hybridized carbons (Fsp3) is 0.462. The van der Waals surface area contributed by atoms with E-state index in [9.17, 15) is 4.79 Å². The number of hydrogen-bond acceptors (Lipinski definition) is 3. The van der Waals surface area contributed by atoms with E-state index < -0.39 is 0 Å². The number of hydrogen-bond donors (Lipinski definition) is 1. The molecule has 1 amide bonds. The number of aryl methyl sites for hydroxylation is 2. The highest BCUT2D eigenvalue weighted by Gasteiger charge is 2.35. The third kappa shape index (κ3) is 2.13. The van der Waals surface area contributed by atoms with Gasteiger partial charge in [0.05, 0.1) is 11.7 Å². The van der Waals surface area contributed by atoms with Crippen LogP contribution in [0.2, 0.25) is 0 Å². The number of ether oxygens (including phenoxy) is 1. The van der Waals surface area contributed by atoms with Gasteiger partial charge in [-0.3, -0.25) is 4.90 Å². The number of rotatable bonds is 3. The molecule has 92 valence electrons. The first-order valence-electron chi connectivity index (χ1n) is 5.82. The number of para-hydroxylation sites is 1. The summed E-state index contributed by atoms with van der Waals surface area (Å²) in [7, 11) is 1.88. The Morgan fingerprint density at radius 2 is 2.06 bits per heavy atom. The number of benzene rings is 1. The van der Waals surface area contributed by atoms with Crippen LogP contribution in [0.5, 0.6) is 0 Å². The van der Waals surface area contributed by atoms with Gasteiger partial charge in [0.25, 0.3) is 0 Å². The Morgan fingerprint density at radius 3 is 2.65 bits per heavy atom. The lowest BCUT2D eigenvalue weighted by Crippen LogP contribution is -2.40. The molecule has 17 heavy (non-hydrogen) atoms. The van der Waals surface area contributed by atoms with Crippen LogP contribution in [-0.2, 0) is 4.74 Å². The summed E-state index contributed by atoms with van der Waals surface area (Å²) in [5, 5.41) is 3.09. The molecular formula is C13H18N2O2. The molecule has 1 atom stereocenters. The minimum absolute atomic E-state index is 0.0762. The molecule has 1 aromatic carbocycles. The van der Waals surface area contributed by atoms with Crippen molar-refractivity contribution in [1.82, 2.24) is 5.32 Å². The van der Waals surface area contributed by atoms with Gasteiger partial charge in [0.15, 0.2) is 0 Å². The summed E-state index contributed by atoms with van der Waals surface area (Å²) in [6.07, 6.45) is -0.248. The van der Waals surface area contributed by atoms with E-state index in [0.29, 0.717) is 6.61 Å².